The van der Waals surface area contributed by atoms with Crippen LogP contribution in [-0.4, -0.2) is 38.8 Å². The molecule has 1 amide bonds. The summed E-state index contributed by atoms with van der Waals surface area (Å²) in [5.74, 6) is 1.76. The maximum absolute atomic E-state index is 12.9. The van der Waals surface area contributed by atoms with Gasteiger partial charge in [0.15, 0.2) is 16.8 Å². The number of furan rings is 1. The molecule has 0 N–H and O–H groups in total. The highest BCUT2D eigenvalue weighted by atomic mass is 32.2. The van der Waals surface area contributed by atoms with E-state index in [0.29, 0.717) is 23.0 Å². The summed E-state index contributed by atoms with van der Waals surface area (Å²) in [5.41, 5.74) is 3.21. The molecule has 0 unspecified atom stereocenters. The van der Waals surface area contributed by atoms with E-state index in [0.717, 1.165) is 35.7 Å². The average Bonchev–Trinajstić information content (AvgIpc) is 3.57. The highest BCUT2D eigenvalue weighted by Crippen LogP contribution is 2.30. The SMILES string of the molecule is Cc1occc1-c1nnc(SCC(=O)c2ccc(N3CCCC3=O)cc2)n1-c1ccccc1. The fourth-order valence-corrected chi connectivity index (χ4v) is 4.77. The number of thioether (sulfide) groups is 1. The minimum Gasteiger partial charge on any atom is -0.469 e. The molecular formula is C25H22N4O3S. The van der Waals surface area contributed by atoms with Crippen molar-refractivity contribution in [3.63, 3.8) is 0 Å². The minimum absolute atomic E-state index is 0.0112. The normalized spacial score (nSPS) is 13.6. The van der Waals surface area contributed by atoms with Crippen LogP contribution >= 0.6 is 11.8 Å². The van der Waals surface area contributed by atoms with Gasteiger partial charge in [0, 0.05) is 29.9 Å². The summed E-state index contributed by atoms with van der Waals surface area (Å²) in [6, 6.07) is 18.9. The Balaban J connectivity index is 1.36. The fourth-order valence-electron chi connectivity index (χ4n) is 3.93. The number of carbonyl (C=O) groups excluding carboxylic acids is 2. The smallest absolute Gasteiger partial charge is 0.227 e. The van der Waals surface area contributed by atoms with Crippen molar-refractivity contribution < 1.29 is 14.0 Å². The minimum atomic E-state index is -0.0112. The molecule has 2 aromatic carbocycles. The second-order valence-corrected chi connectivity index (χ2v) is 8.72. The zero-order valence-corrected chi connectivity index (χ0v) is 18.9. The summed E-state index contributed by atoms with van der Waals surface area (Å²) >= 11 is 1.34. The highest BCUT2D eigenvalue weighted by molar-refractivity contribution is 7.99. The summed E-state index contributed by atoms with van der Waals surface area (Å²) in [5, 5.41) is 9.39. The van der Waals surface area contributed by atoms with E-state index < -0.39 is 0 Å². The number of carbonyl (C=O) groups is 2. The number of nitrogens with zero attached hydrogens (tertiary/aromatic N) is 4. The molecule has 7 nitrogen and oxygen atoms in total. The maximum atomic E-state index is 12.9. The molecule has 1 fully saturated rings. The summed E-state index contributed by atoms with van der Waals surface area (Å²) in [4.78, 5) is 26.6. The number of hydrogen-bond donors (Lipinski definition) is 0. The van der Waals surface area contributed by atoms with Gasteiger partial charge in [0.25, 0.3) is 0 Å². The Morgan fingerprint density at radius 1 is 1.03 bits per heavy atom. The monoisotopic (exact) mass is 458 g/mol. The first-order valence-electron chi connectivity index (χ1n) is 10.7. The summed E-state index contributed by atoms with van der Waals surface area (Å²) in [7, 11) is 0. The first-order chi connectivity index (χ1) is 16.1. The van der Waals surface area contributed by atoms with E-state index in [1.165, 1.54) is 11.8 Å². The van der Waals surface area contributed by atoms with Crippen LogP contribution in [0.5, 0.6) is 0 Å². The number of para-hydroxylation sites is 1. The van der Waals surface area contributed by atoms with Crippen LogP contribution in [0.2, 0.25) is 0 Å². The van der Waals surface area contributed by atoms with Crippen LogP contribution in [0, 0.1) is 6.92 Å². The van der Waals surface area contributed by atoms with E-state index in [2.05, 4.69) is 10.2 Å². The third-order valence-electron chi connectivity index (χ3n) is 5.65. The van der Waals surface area contributed by atoms with Crippen molar-refractivity contribution in [1.82, 2.24) is 14.8 Å². The molecule has 8 heteroatoms. The van der Waals surface area contributed by atoms with Gasteiger partial charge in [-0.2, -0.15) is 0 Å². The third-order valence-corrected chi connectivity index (χ3v) is 6.58. The Hall–Kier alpha value is -3.65. The van der Waals surface area contributed by atoms with Gasteiger partial charge in [0.05, 0.1) is 17.6 Å². The van der Waals surface area contributed by atoms with Crippen molar-refractivity contribution >= 4 is 29.1 Å². The Bertz CT molecular complexity index is 1290. The molecule has 1 aliphatic heterocycles. The lowest BCUT2D eigenvalue weighted by Crippen LogP contribution is -2.23. The van der Waals surface area contributed by atoms with Crippen molar-refractivity contribution in [3.8, 4) is 17.1 Å². The molecule has 33 heavy (non-hydrogen) atoms. The van der Waals surface area contributed by atoms with E-state index in [-0.39, 0.29) is 17.4 Å². The van der Waals surface area contributed by atoms with Crippen LogP contribution in [0.4, 0.5) is 5.69 Å². The Kier molecular flexibility index (Phi) is 5.83. The largest absolute Gasteiger partial charge is 0.469 e. The predicted molar refractivity (Wildman–Crippen MR) is 127 cm³/mol. The van der Waals surface area contributed by atoms with Crippen LogP contribution in [0.3, 0.4) is 0 Å². The van der Waals surface area contributed by atoms with Crippen LogP contribution < -0.4 is 4.90 Å². The van der Waals surface area contributed by atoms with Crippen molar-refractivity contribution in [1.29, 1.82) is 0 Å². The van der Waals surface area contributed by atoms with Crippen molar-refractivity contribution in [2.45, 2.75) is 24.9 Å². The van der Waals surface area contributed by atoms with Gasteiger partial charge in [-0.15, -0.1) is 10.2 Å². The molecule has 0 aliphatic carbocycles. The first-order valence-corrected chi connectivity index (χ1v) is 11.7. The lowest BCUT2D eigenvalue weighted by Gasteiger charge is -2.15. The molecule has 4 aromatic rings. The van der Waals surface area contributed by atoms with E-state index in [4.69, 9.17) is 4.42 Å². The van der Waals surface area contributed by atoms with Gasteiger partial charge >= 0.3 is 0 Å². The highest BCUT2D eigenvalue weighted by Gasteiger charge is 2.22. The van der Waals surface area contributed by atoms with Gasteiger partial charge in [-0.05, 0) is 55.8 Å². The van der Waals surface area contributed by atoms with Crippen molar-refractivity contribution in [3.05, 3.63) is 78.3 Å². The molecule has 0 spiro atoms. The predicted octanol–water partition coefficient (Wildman–Crippen LogP) is 4.94. The molecule has 2 aromatic heterocycles. The van der Waals surface area contributed by atoms with E-state index in [9.17, 15) is 9.59 Å². The molecule has 0 bridgehead atoms. The fraction of sp³-hybridized carbons (Fsp3) is 0.200. The van der Waals surface area contributed by atoms with Gasteiger partial charge in [-0.25, -0.2) is 0 Å². The van der Waals surface area contributed by atoms with Crippen LogP contribution in [0.15, 0.2) is 76.5 Å². The molecule has 0 saturated carbocycles. The Labute approximate surface area is 195 Å². The number of benzene rings is 2. The van der Waals surface area contributed by atoms with E-state index in [1.54, 1.807) is 23.3 Å². The molecule has 1 aliphatic rings. The standard InChI is InChI=1S/C25H22N4O3S/c1-17-21(13-15-32-17)24-26-27-25(29(24)20-6-3-2-4-7-20)33-16-22(30)18-9-11-19(12-10-18)28-14-5-8-23(28)31/h2-4,6-7,9-13,15H,5,8,14,16H2,1H3. The first kappa shape index (κ1) is 21.2. The second kappa shape index (κ2) is 9.07. The Morgan fingerprint density at radius 3 is 2.48 bits per heavy atom. The van der Waals surface area contributed by atoms with Gasteiger partial charge in [0.1, 0.15) is 5.76 Å². The zero-order valence-electron chi connectivity index (χ0n) is 18.1. The molecule has 0 atom stereocenters. The molecule has 5 rings (SSSR count). The van der Waals surface area contributed by atoms with E-state index in [1.807, 2.05) is 60.0 Å². The van der Waals surface area contributed by atoms with Gasteiger partial charge in [-0.3, -0.25) is 14.2 Å². The van der Waals surface area contributed by atoms with Crippen LogP contribution in [0.25, 0.3) is 17.1 Å². The number of amides is 1. The molecule has 3 heterocycles. The zero-order chi connectivity index (χ0) is 22.8. The average molecular weight is 459 g/mol. The third kappa shape index (κ3) is 4.21. The number of aromatic nitrogens is 3. The van der Waals surface area contributed by atoms with E-state index >= 15 is 0 Å². The number of hydrogen-bond acceptors (Lipinski definition) is 6. The summed E-state index contributed by atoms with van der Waals surface area (Å²) in [6.07, 6.45) is 3.09. The topological polar surface area (TPSA) is 81.2 Å². The lowest BCUT2D eigenvalue weighted by atomic mass is 10.1. The number of aryl methyl sites for hydroxylation is 1. The number of anilines is 1. The summed E-state index contributed by atoms with van der Waals surface area (Å²) in [6.45, 7) is 2.62. The quantitative estimate of drug-likeness (QED) is 0.288. The van der Waals surface area contributed by atoms with Crippen molar-refractivity contribution in [2.24, 2.45) is 0 Å². The van der Waals surface area contributed by atoms with Crippen molar-refractivity contribution in [2.75, 3.05) is 17.2 Å². The maximum Gasteiger partial charge on any atom is 0.227 e. The number of Topliss-reactive ketones (excluding diaryl/α,β-unsaturated/α-hetero) is 1. The second-order valence-electron chi connectivity index (χ2n) is 7.78. The molecule has 1 saturated heterocycles. The number of ketones is 1. The van der Waals surface area contributed by atoms with Crippen LogP contribution in [0.1, 0.15) is 29.0 Å². The lowest BCUT2D eigenvalue weighted by molar-refractivity contribution is -0.117. The molecule has 0 radical (unpaired) electrons. The van der Waals surface area contributed by atoms with Gasteiger partial charge in [0.2, 0.25) is 5.91 Å². The van der Waals surface area contributed by atoms with Gasteiger partial charge in [-0.1, -0.05) is 30.0 Å². The number of rotatable bonds is 7. The molecule has 166 valence electrons. The molecular weight excluding hydrogens is 436 g/mol. The Morgan fingerprint density at radius 2 is 1.82 bits per heavy atom. The van der Waals surface area contributed by atoms with Gasteiger partial charge < -0.3 is 9.32 Å². The summed E-state index contributed by atoms with van der Waals surface area (Å²) < 4.78 is 7.40. The van der Waals surface area contributed by atoms with Crippen LogP contribution in [-0.2, 0) is 4.79 Å².